The van der Waals surface area contributed by atoms with Crippen LogP contribution in [0.15, 0.2) is 66.9 Å². The Kier molecular flexibility index (Phi) is 7.20. The van der Waals surface area contributed by atoms with Gasteiger partial charge in [0.2, 0.25) is 5.91 Å². The van der Waals surface area contributed by atoms with Crippen molar-refractivity contribution >= 4 is 11.8 Å². The van der Waals surface area contributed by atoms with Gasteiger partial charge in [0.1, 0.15) is 5.69 Å². The molecule has 182 valence electrons. The topological polar surface area (TPSA) is 70.9 Å². The van der Waals surface area contributed by atoms with Crippen molar-refractivity contribution in [3.05, 3.63) is 78.0 Å². The van der Waals surface area contributed by atoms with Gasteiger partial charge in [-0.3, -0.25) is 19.2 Å². The maximum atomic E-state index is 13.6. The number of hydrogen-bond donors (Lipinski definition) is 0. The van der Waals surface area contributed by atoms with E-state index < -0.39 is 0 Å². The molecule has 3 heterocycles. The maximum Gasteiger partial charge on any atom is 0.257 e. The highest BCUT2D eigenvalue weighted by Gasteiger charge is 2.28. The van der Waals surface area contributed by atoms with E-state index in [1.807, 2.05) is 69.2 Å². The molecule has 2 saturated heterocycles. The number of carbonyl (C=O) groups excluding carboxylic acids is 2. The fourth-order valence-electron chi connectivity index (χ4n) is 4.62. The number of ether oxygens (including phenoxy) is 1. The lowest BCUT2D eigenvalue weighted by atomic mass is 10.1. The number of carbonyl (C=O) groups is 2. The molecule has 0 unspecified atom stereocenters. The number of nitrogens with zero attached hydrogens (tertiary/aromatic N) is 5. The Labute approximate surface area is 205 Å². The molecule has 0 radical (unpaired) electrons. The second kappa shape index (κ2) is 10.8. The van der Waals surface area contributed by atoms with E-state index in [9.17, 15) is 9.59 Å². The predicted octanol–water partition coefficient (Wildman–Crippen LogP) is 2.21. The highest BCUT2D eigenvalue weighted by molar-refractivity contribution is 5.99. The third-order valence-electron chi connectivity index (χ3n) is 6.61. The summed E-state index contributed by atoms with van der Waals surface area (Å²) >= 11 is 0. The Bertz CT molecular complexity index is 1130. The van der Waals surface area contributed by atoms with Gasteiger partial charge in [-0.05, 0) is 5.56 Å². The smallest absolute Gasteiger partial charge is 0.257 e. The molecule has 35 heavy (non-hydrogen) atoms. The number of benzene rings is 2. The van der Waals surface area contributed by atoms with Gasteiger partial charge in [0.15, 0.2) is 0 Å². The van der Waals surface area contributed by atoms with Crippen molar-refractivity contribution in [3.63, 3.8) is 0 Å². The van der Waals surface area contributed by atoms with Crippen LogP contribution < -0.4 is 0 Å². The summed E-state index contributed by atoms with van der Waals surface area (Å²) in [4.78, 5) is 32.1. The zero-order valence-corrected chi connectivity index (χ0v) is 19.9. The van der Waals surface area contributed by atoms with E-state index in [1.54, 1.807) is 0 Å². The van der Waals surface area contributed by atoms with Gasteiger partial charge < -0.3 is 14.5 Å². The quantitative estimate of drug-likeness (QED) is 0.549. The van der Waals surface area contributed by atoms with Crippen LogP contribution in [-0.4, -0.2) is 95.3 Å². The summed E-state index contributed by atoms with van der Waals surface area (Å²) in [5.74, 6) is 0.129. The van der Waals surface area contributed by atoms with Gasteiger partial charge >= 0.3 is 0 Å². The van der Waals surface area contributed by atoms with Crippen LogP contribution in [0.5, 0.6) is 0 Å². The summed E-state index contributed by atoms with van der Waals surface area (Å²) in [7, 11) is 0. The summed E-state index contributed by atoms with van der Waals surface area (Å²) in [5, 5.41) is 4.80. The minimum Gasteiger partial charge on any atom is -0.378 e. The van der Waals surface area contributed by atoms with Gasteiger partial charge in [-0.25, -0.2) is 0 Å². The van der Waals surface area contributed by atoms with Crippen molar-refractivity contribution in [3.8, 4) is 11.3 Å². The van der Waals surface area contributed by atoms with E-state index in [0.717, 1.165) is 11.1 Å². The van der Waals surface area contributed by atoms with Gasteiger partial charge in [0.25, 0.3) is 5.91 Å². The van der Waals surface area contributed by atoms with Gasteiger partial charge in [0.05, 0.1) is 31.9 Å². The SMILES string of the molecule is O=C(CN1CCN(C(=O)c2cn(Cc3ccccc3)nc2-c2ccccc2)CC1)N1CCOCC1. The standard InChI is InChI=1S/C27H31N5O3/c33-25(30-15-17-35-18-16-30)21-29-11-13-31(14-12-29)27(34)24-20-32(19-22-7-3-1-4-8-22)28-26(24)23-9-5-2-6-10-23/h1-10,20H,11-19,21H2. The lowest BCUT2D eigenvalue weighted by Gasteiger charge is -2.36. The molecule has 2 aromatic carbocycles. The molecule has 0 saturated carbocycles. The summed E-state index contributed by atoms with van der Waals surface area (Å²) in [6, 6.07) is 20.0. The molecular formula is C27H31N5O3. The summed E-state index contributed by atoms with van der Waals surface area (Å²) in [5.41, 5.74) is 3.38. The number of amides is 2. The molecule has 2 fully saturated rings. The van der Waals surface area contributed by atoms with E-state index in [0.29, 0.717) is 76.8 Å². The largest absolute Gasteiger partial charge is 0.378 e. The number of piperazine rings is 1. The van der Waals surface area contributed by atoms with Crippen LogP contribution in [-0.2, 0) is 16.1 Å². The van der Waals surface area contributed by atoms with Crippen molar-refractivity contribution in [1.82, 2.24) is 24.5 Å². The molecule has 0 spiro atoms. The minimum atomic E-state index is -0.0117. The molecule has 1 aromatic heterocycles. The second-order valence-electron chi connectivity index (χ2n) is 9.00. The number of hydrogen-bond acceptors (Lipinski definition) is 5. The zero-order chi connectivity index (χ0) is 24.0. The molecule has 0 aliphatic carbocycles. The molecular weight excluding hydrogens is 442 g/mol. The first kappa shape index (κ1) is 23.3. The van der Waals surface area contributed by atoms with Gasteiger partial charge in [-0.15, -0.1) is 0 Å². The maximum absolute atomic E-state index is 13.6. The number of rotatable bonds is 6. The highest BCUT2D eigenvalue weighted by Crippen LogP contribution is 2.24. The summed E-state index contributed by atoms with van der Waals surface area (Å²) in [6.45, 7) is 6.07. The van der Waals surface area contributed by atoms with Crippen LogP contribution in [0, 0.1) is 0 Å². The number of aromatic nitrogens is 2. The molecule has 3 aromatic rings. The third kappa shape index (κ3) is 5.61. The normalized spacial score (nSPS) is 16.9. The summed E-state index contributed by atoms with van der Waals surface area (Å²) < 4.78 is 7.19. The third-order valence-corrected chi connectivity index (χ3v) is 6.61. The van der Waals surface area contributed by atoms with Crippen LogP contribution in [0.3, 0.4) is 0 Å². The fourth-order valence-corrected chi connectivity index (χ4v) is 4.62. The Morgan fingerprint density at radius 2 is 1.46 bits per heavy atom. The highest BCUT2D eigenvalue weighted by atomic mass is 16.5. The molecule has 2 aliphatic rings. The van der Waals surface area contributed by atoms with Crippen molar-refractivity contribution in [2.45, 2.75) is 6.54 Å². The molecule has 8 heteroatoms. The van der Waals surface area contributed by atoms with Gasteiger partial charge in [-0.1, -0.05) is 60.7 Å². The minimum absolute atomic E-state index is 0.0117. The molecule has 0 N–H and O–H groups in total. The Hall–Kier alpha value is -3.49. The van der Waals surface area contributed by atoms with E-state index in [4.69, 9.17) is 9.84 Å². The molecule has 5 rings (SSSR count). The average Bonchev–Trinajstić information content (AvgIpc) is 3.34. The first-order valence-electron chi connectivity index (χ1n) is 12.2. The van der Waals surface area contributed by atoms with Crippen LogP contribution in [0.25, 0.3) is 11.3 Å². The lowest BCUT2D eigenvalue weighted by Crippen LogP contribution is -2.52. The van der Waals surface area contributed by atoms with Crippen molar-refractivity contribution in [2.24, 2.45) is 0 Å². The lowest BCUT2D eigenvalue weighted by molar-refractivity contribution is -0.136. The first-order chi connectivity index (χ1) is 17.2. The van der Waals surface area contributed by atoms with Crippen LogP contribution in [0.4, 0.5) is 0 Å². The van der Waals surface area contributed by atoms with E-state index in [2.05, 4.69) is 17.0 Å². The summed E-state index contributed by atoms with van der Waals surface area (Å²) in [6.07, 6.45) is 1.87. The van der Waals surface area contributed by atoms with Gasteiger partial charge in [-0.2, -0.15) is 5.10 Å². The van der Waals surface area contributed by atoms with Crippen molar-refractivity contribution < 1.29 is 14.3 Å². The molecule has 2 amide bonds. The van der Waals surface area contributed by atoms with E-state index >= 15 is 0 Å². The Balaban J connectivity index is 1.27. The van der Waals surface area contributed by atoms with Crippen molar-refractivity contribution in [2.75, 3.05) is 59.0 Å². The van der Waals surface area contributed by atoms with Crippen LogP contribution in [0.1, 0.15) is 15.9 Å². The van der Waals surface area contributed by atoms with Crippen LogP contribution in [0.2, 0.25) is 0 Å². The number of morpholine rings is 1. The van der Waals surface area contributed by atoms with Crippen LogP contribution >= 0.6 is 0 Å². The van der Waals surface area contributed by atoms with Gasteiger partial charge in [0, 0.05) is 51.0 Å². The molecule has 0 atom stereocenters. The Morgan fingerprint density at radius 3 is 2.14 bits per heavy atom. The molecule has 0 bridgehead atoms. The molecule has 8 nitrogen and oxygen atoms in total. The second-order valence-corrected chi connectivity index (χ2v) is 9.00. The zero-order valence-electron chi connectivity index (χ0n) is 19.9. The first-order valence-corrected chi connectivity index (χ1v) is 12.2. The monoisotopic (exact) mass is 473 g/mol. The fraction of sp³-hybridized carbons (Fsp3) is 0.370. The van der Waals surface area contributed by atoms with Crippen molar-refractivity contribution in [1.29, 1.82) is 0 Å². The predicted molar refractivity (Wildman–Crippen MR) is 133 cm³/mol. The Morgan fingerprint density at radius 1 is 0.800 bits per heavy atom. The van der Waals surface area contributed by atoms with E-state index in [1.165, 1.54) is 0 Å². The average molecular weight is 474 g/mol. The molecule has 2 aliphatic heterocycles. The van der Waals surface area contributed by atoms with E-state index in [-0.39, 0.29) is 11.8 Å².